The number of guanidine groups is 1. The lowest BCUT2D eigenvalue weighted by atomic mass is 9.99. The SMILES string of the molecule is CN=C(NCCNC(=O)c1ccccc1)N1CC(C)C(C(=O)OC)C1.I. The highest BCUT2D eigenvalue weighted by Gasteiger charge is 2.36. The number of nitrogens with zero attached hydrogens (tertiary/aromatic N) is 2. The number of ether oxygens (including phenoxy) is 1. The first-order valence-corrected chi connectivity index (χ1v) is 8.43. The molecular weight excluding hydrogens is 447 g/mol. The highest BCUT2D eigenvalue weighted by Crippen LogP contribution is 2.23. The molecule has 1 aliphatic heterocycles. The number of carbonyl (C=O) groups is 2. The van der Waals surface area contributed by atoms with E-state index in [4.69, 9.17) is 4.74 Å². The normalized spacial score (nSPS) is 19.5. The Hall–Kier alpha value is -1.84. The van der Waals surface area contributed by atoms with Crippen LogP contribution in [0.2, 0.25) is 0 Å². The Bertz CT molecular complexity index is 624. The van der Waals surface area contributed by atoms with Crippen molar-refractivity contribution in [1.29, 1.82) is 0 Å². The van der Waals surface area contributed by atoms with Crippen LogP contribution < -0.4 is 10.6 Å². The van der Waals surface area contributed by atoms with Gasteiger partial charge in [-0.15, -0.1) is 24.0 Å². The molecule has 0 aromatic heterocycles. The van der Waals surface area contributed by atoms with Gasteiger partial charge in [0.25, 0.3) is 5.91 Å². The standard InChI is InChI=1S/C18H26N4O3.HI/c1-13-11-22(12-15(13)17(24)25-3)18(19-2)21-10-9-20-16(23)14-7-5-4-6-8-14;/h4-8,13,15H,9-12H2,1-3H3,(H,19,21)(H,20,23);1H. The van der Waals surface area contributed by atoms with E-state index in [0.29, 0.717) is 25.2 Å². The van der Waals surface area contributed by atoms with Gasteiger partial charge in [0.2, 0.25) is 0 Å². The minimum atomic E-state index is -0.180. The molecule has 1 amide bonds. The lowest BCUT2D eigenvalue weighted by Crippen LogP contribution is -2.43. The van der Waals surface area contributed by atoms with Crippen molar-refractivity contribution in [1.82, 2.24) is 15.5 Å². The zero-order chi connectivity index (χ0) is 18.2. The van der Waals surface area contributed by atoms with Gasteiger partial charge in [-0.25, -0.2) is 0 Å². The molecule has 0 bridgehead atoms. The third kappa shape index (κ3) is 5.86. The third-order valence-electron chi connectivity index (χ3n) is 4.36. The minimum Gasteiger partial charge on any atom is -0.469 e. The Morgan fingerprint density at radius 1 is 1.19 bits per heavy atom. The van der Waals surface area contributed by atoms with E-state index in [2.05, 4.69) is 15.6 Å². The predicted octanol–water partition coefficient (Wildman–Crippen LogP) is 1.35. The van der Waals surface area contributed by atoms with E-state index in [0.717, 1.165) is 12.5 Å². The van der Waals surface area contributed by atoms with Crippen molar-refractivity contribution in [2.75, 3.05) is 40.3 Å². The number of esters is 1. The van der Waals surface area contributed by atoms with Crippen molar-refractivity contribution in [3.8, 4) is 0 Å². The molecule has 1 fully saturated rings. The predicted molar refractivity (Wildman–Crippen MR) is 112 cm³/mol. The summed E-state index contributed by atoms with van der Waals surface area (Å²) in [6.45, 7) is 4.41. The summed E-state index contributed by atoms with van der Waals surface area (Å²) in [7, 11) is 3.13. The van der Waals surface area contributed by atoms with Crippen LogP contribution in [-0.2, 0) is 9.53 Å². The summed E-state index contributed by atoms with van der Waals surface area (Å²) in [5, 5.41) is 6.09. The van der Waals surface area contributed by atoms with Crippen molar-refractivity contribution in [3.63, 3.8) is 0 Å². The molecule has 1 aromatic carbocycles. The van der Waals surface area contributed by atoms with E-state index in [1.165, 1.54) is 7.11 Å². The first-order chi connectivity index (χ1) is 12.1. The summed E-state index contributed by atoms with van der Waals surface area (Å²) >= 11 is 0. The molecule has 0 radical (unpaired) electrons. The topological polar surface area (TPSA) is 83.0 Å². The van der Waals surface area contributed by atoms with Crippen LogP contribution in [-0.4, -0.2) is 63.1 Å². The van der Waals surface area contributed by atoms with Crippen molar-refractivity contribution in [2.45, 2.75) is 6.92 Å². The van der Waals surface area contributed by atoms with Gasteiger partial charge < -0.3 is 20.3 Å². The molecule has 2 rings (SSSR count). The molecular formula is C18H27IN4O3. The molecule has 1 aliphatic rings. The van der Waals surface area contributed by atoms with E-state index in [9.17, 15) is 9.59 Å². The molecule has 8 heteroatoms. The van der Waals surface area contributed by atoms with Gasteiger partial charge in [-0.2, -0.15) is 0 Å². The van der Waals surface area contributed by atoms with Crippen LogP contribution in [0.25, 0.3) is 0 Å². The number of hydrogen-bond acceptors (Lipinski definition) is 4. The largest absolute Gasteiger partial charge is 0.469 e. The number of nitrogens with one attached hydrogen (secondary N) is 2. The van der Waals surface area contributed by atoms with Gasteiger partial charge in [-0.05, 0) is 18.1 Å². The van der Waals surface area contributed by atoms with Gasteiger partial charge >= 0.3 is 5.97 Å². The summed E-state index contributed by atoms with van der Waals surface area (Å²) in [4.78, 5) is 30.1. The van der Waals surface area contributed by atoms with Crippen LogP contribution >= 0.6 is 24.0 Å². The van der Waals surface area contributed by atoms with Crippen molar-refractivity contribution in [3.05, 3.63) is 35.9 Å². The van der Waals surface area contributed by atoms with E-state index in [1.54, 1.807) is 19.2 Å². The molecule has 0 spiro atoms. The fourth-order valence-corrected chi connectivity index (χ4v) is 2.97. The summed E-state index contributed by atoms with van der Waals surface area (Å²) < 4.78 is 4.86. The molecule has 0 aliphatic carbocycles. The summed E-state index contributed by atoms with van der Waals surface area (Å²) in [5.74, 6) is 0.524. The van der Waals surface area contributed by atoms with Crippen molar-refractivity contribution < 1.29 is 14.3 Å². The summed E-state index contributed by atoms with van der Waals surface area (Å²) in [6.07, 6.45) is 0. The van der Waals surface area contributed by atoms with Gasteiger partial charge in [0, 0.05) is 38.8 Å². The monoisotopic (exact) mass is 474 g/mol. The van der Waals surface area contributed by atoms with Crippen LogP contribution in [0.4, 0.5) is 0 Å². The highest BCUT2D eigenvalue weighted by molar-refractivity contribution is 14.0. The Morgan fingerprint density at radius 2 is 1.85 bits per heavy atom. The average molecular weight is 474 g/mol. The van der Waals surface area contributed by atoms with E-state index in [-0.39, 0.29) is 47.7 Å². The van der Waals surface area contributed by atoms with Crippen LogP contribution in [0.3, 0.4) is 0 Å². The second-order valence-corrected chi connectivity index (χ2v) is 6.11. The maximum Gasteiger partial charge on any atom is 0.310 e. The first kappa shape index (κ1) is 22.2. The Morgan fingerprint density at radius 3 is 2.46 bits per heavy atom. The fraction of sp³-hybridized carbons (Fsp3) is 0.500. The average Bonchev–Trinajstić information content (AvgIpc) is 3.03. The summed E-state index contributed by atoms with van der Waals surface area (Å²) in [5.41, 5.74) is 0.640. The number of methoxy groups -OCH3 is 1. The molecule has 7 nitrogen and oxygen atoms in total. The molecule has 2 atom stereocenters. The van der Waals surface area contributed by atoms with Gasteiger partial charge in [-0.3, -0.25) is 14.6 Å². The molecule has 26 heavy (non-hydrogen) atoms. The number of rotatable bonds is 5. The highest BCUT2D eigenvalue weighted by atomic mass is 127. The molecule has 2 unspecified atom stereocenters. The van der Waals surface area contributed by atoms with Crippen LogP contribution in [0, 0.1) is 11.8 Å². The maximum atomic E-state index is 12.0. The molecule has 144 valence electrons. The number of halogens is 1. The second-order valence-electron chi connectivity index (χ2n) is 6.11. The Balaban J connectivity index is 0.00000338. The number of amides is 1. The third-order valence-corrected chi connectivity index (χ3v) is 4.36. The van der Waals surface area contributed by atoms with Crippen LogP contribution in [0.5, 0.6) is 0 Å². The van der Waals surface area contributed by atoms with Gasteiger partial charge in [0.05, 0.1) is 13.0 Å². The van der Waals surface area contributed by atoms with E-state index in [1.807, 2.05) is 30.0 Å². The zero-order valence-electron chi connectivity index (χ0n) is 15.4. The van der Waals surface area contributed by atoms with Crippen molar-refractivity contribution in [2.24, 2.45) is 16.8 Å². The van der Waals surface area contributed by atoms with E-state index < -0.39 is 0 Å². The fourth-order valence-electron chi connectivity index (χ4n) is 2.97. The van der Waals surface area contributed by atoms with Crippen LogP contribution in [0.1, 0.15) is 17.3 Å². The van der Waals surface area contributed by atoms with Gasteiger partial charge in [0.15, 0.2) is 5.96 Å². The molecule has 1 aromatic rings. The zero-order valence-corrected chi connectivity index (χ0v) is 17.7. The lowest BCUT2D eigenvalue weighted by molar-refractivity contribution is -0.145. The Labute approximate surface area is 171 Å². The van der Waals surface area contributed by atoms with Gasteiger partial charge in [-0.1, -0.05) is 25.1 Å². The van der Waals surface area contributed by atoms with Gasteiger partial charge in [0.1, 0.15) is 0 Å². The second kappa shape index (κ2) is 11.0. The quantitative estimate of drug-likeness (QED) is 0.222. The minimum absolute atomic E-state index is 0. The molecule has 0 saturated carbocycles. The molecule has 1 heterocycles. The first-order valence-electron chi connectivity index (χ1n) is 8.43. The van der Waals surface area contributed by atoms with Crippen LogP contribution in [0.15, 0.2) is 35.3 Å². The number of hydrogen-bond donors (Lipinski definition) is 2. The maximum absolute atomic E-state index is 12.0. The number of aliphatic imine (C=N–C) groups is 1. The summed E-state index contributed by atoms with van der Waals surface area (Å²) in [6, 6.07) is 9.10. The Kier molecular flexibility index (Phi) is 9.39. The number of carbonyl (C=O) groups excluding carboxylic acids is 2. The molecule has 1 saturated heterocycles. The van der Waals surface area contributed by atoms with Crippen molar-refractivity contribution >= 4 is 41.8 Å². The molecule has 2 N–H and O–H groups in total. The number of benzene rings is 1. The van der Waals surface area contributed by atoms with E-state index >= 15 is 0 Å². The number of likely N-dealkylation sites (tertiary alicyclic amines) is 1. The smallest absolute Gasteiger partial charge is 0.310 e. The lowest BCUT2D eigenvalue weighted by Gasteiger charge is -2.21.